The molecule has 0 radical (unpaired) electrons. The van der Waals surface area contributed by atoms with Gasteiger partial charge in [-0.05, 0) is 42.3 Å². The van der Waals surface area contributed by atoms with Gasteiger partial charge in [0.05, 0.1) is 12.8 Å². The molecule has 6 heteroatoms. The first kappa shape index (κ1) is 17.7. The Balaban J connectivity index is 1.72. The van der Waals surface area contributed by atoms with Crippen molar-refractivity contribution in [3.05, 3.63) is 106 Å². The average Bonchev–Trinajstić information content (AvgIpc) is 3.21. The van der Waals surface area contributed by atoms with E-state index in [-0.39, 0.29) is 23.6 Å². The van der Waals surface area contributed by atoms with Gasteiger partial charge in [0, 0.05) is 18.9 Å². The molecule has 0 unspecified atom stereocenters. The molecule has 0 aliphatic carbocycles. The van der Waals surface area contributed by atoms with Crippen LogP contribution >= 0.6 is 0 Å². The van der Waals surface area contributed by atoms with Gasteiger partial charge in [0.2, 0.25) is 0 Å². The first-order chi connectivity index (χ1) is 13.6. The predicted octanol–water partition coefficient (Wildman–Crippen LogP) is 3.44. The van der Waals surface area contributed by atoms with Crippen molar-refractivity contribution in [3.8, 4) is 0 Å². The van der Waals surface area contributed by atoms with Crippen molar-refractivity contribution < 1.29 is 9.21 Å². The number of hydrogen-bond acceptors (Lipinski definition) is 4. The van der Waals surface area contributed by atoms with Gasteiger partial charge in [0.1, 0.15) is 17.0 Å². The van der Waals surface area contributed by atoms with Crippen molar-refractivity contribution in [3.63, 3.8) is 0 Å². The van der Waals surface area contributed by atoms with Crippen LogP contribution in [0.5, 0.6) is 0 Å². The van der Waals surface area contributed by atoms with Crippen molar-refractivity contribution in [2.24, 2.45) is 0 Å². The highest BCUT2D eigenvalue weighted by Crippen LogP contribution is 2.14. The first-order valence-electron chi connectivity index (χ1n) is 8.95. The fraction of sp³-hybridized carbons (Fsp3) is 0.136. The average molecular weight is 373 g/mol. The molecule has 4 aromatic rings. The molecule has 4 rings (SSSR count). The SMILES string of the molecule is Cc1ccn2c(=O)c(C(=O)N(Cc3ccccc3)Cc3ccco3)cnc2c1. The van der Waals surface area contributed by atoms with E-state index in [4.69, 9.17) is 4.42 Å². The lowest BCUT2D eigenvalue weighted by Gasteiger charge is -2.21. The number of aromatic nitrogens is 2. The van der Waals surface area contributed by atoms with Crippen molar-refractivity contribution in [1.82, 2.24) is 14.3 Å². The summed E-state index contributed by atoms with van der Waals surface area (Å²) in [5.41, 5.74) is 2.12. The fourth-order valence-corrected chi connectivity index (χ4v) is 3.09. The zero-order valence-corrected chi connectivity index (χ0v) is 15.4. The van der Waals surface area contributed by atoms with Crippen molar-refractivity contribution in [2.45, 2.75) is 20.0 Å². The Morgan fingerprint density at radius 2 is 1.93 bits per heavy atom. The van der Waals surface area contributed by atoms with Gasteiger partial charge in [-0.25, -0.2) is 4.98 Å². The van der Waals surface area contributed by atoms with Crippen LogP contribution in [0.2, 0.25) is 0 Å². The number of benzene rings is 1. The van der Waals surface area contributed by atoms with Crippen LogP contribution in [0, 0.1) is 6.92 Å². The van der Waals surface area contributed by atoms with Gasteiger partial charge < -0.3 is 9.32 Å². The van der Waals surface area contributed by atoms with Crippen LogP contribution in [0.15, 0.2) is 82.5 Å². The quantitative estimate of drug-likeness (QED) is 0.537. The molecule has 0 atom stereocenters. The molecule has 3 aromatic heterocycles. The summed E-state index contributed by atoms with van der Waals surface area (Å²) in [7, 11) is 0. The molecule has 0 spiro atoms. The second-order valence-electron chi connectivity index (χ2n) is 6.64. The minimum atomic E-state index is -0.382. The molecule has 0 saturated heterocycles. The molecule has 0 aliphatic heterocycles. The summed E-state index contributed by atoms with van der Waals surface area (Å²) in [4.78, 5) is 32.0. The van der Waals surface area contributed by atoms with E-state index in [1.165, 1.54) is 10.6 Å². The Morgan fingerprint density at radius 3 is 2.68 bits per heavy atom. The van der Waals surface area contributed by atoms with E-state index in [0.29, 0.717) is 18.0 Å². The Hall–Kier alpha value is -3.67. The van der Waals surface area contributed by atoms with Crippen LogP contribution in [0.25, 0.3) is 5.65 Å². The zero-order chi connectivity index (χ0) is 19.5. The van der Waals surface area contributed by atoms with Gasteiger partial charge in [-0.2, -0.15) is 0 Å². The number of nitrogens with zero attached hydrogens (tertiary/aromatic N) is 3. The second kappa shape index (κ2) is 7.52. The normalized spacial score (nSPS) is 10.9. The van der Waals surface area contributed by atoms with Gasteiger partial charge in [-0.15, -0.1) is 0 Å². The van der Waals surface area contributed by atoms with Crippen LogP contribution < -0.4 is 5.56 Å². The first-order valence-corrected chi connectivity index (χ1v) is 8.95. The summed E-state index contributed by atoms with van der Waals surface area (Å²) in [5, 5.41) is 0. The lowest BCUT2D eigenvalue weighted by atomic mass is 10.2. The van der Waals surface area contributed by atoms with E-state index in [9.17, 15) is 9.59 Å². The molecule has 140 valence electrons. The summed E-state index contributed by atoms with van der Waals surface area (Å²) in [6, 6.07) is 16.8. The van der Waals surface area contributed by atoms with Gasteiger partial charge in [0.15, 0.2) is 0 Å². The molecule has 1 aromatic carbocycles. The number of hydrogen-bond donors (Lipinski definition) is 0. The molecule has 6 nitrogen and oxygen atoms in total. The molecule has 1 amide bonds. The highest BCUT2D eigenvalue weighted by atomic mass is 16.3. The van der Waals surface area contributed by atoms with E-state index in [1.807, 2.05) is 43.3 Å². The highest BCUT2D eigenvalue weighted by molar-refractivity contribution is 5.93. The van der Waals surface area contributed by atoms with E-state index in [2.05, 4.69) is 4.98 Å². The largest absolute Gasteiger partial charge is 0.467 e. The van der Waals surface area contributed by atoms with Gasteiger partial charge in [0.25, 0.3) is 11.5 Å². The van der Waals surface area contributed by atoms with E-state index >= 15 is 0 Å². The summed E-state index contributed by atoms with van der Waals surface area (Å²) in [5.74, 6) is 0.265. The summed E-state index contributed by atoms with van der Waals surface area (Å²) in [6.45, 7) is 2.54. The van der Waals surface area contributed by atoms with Crippen molar-refractivity contribution >= 4 is 11.6 Å². The maximum absolute atomic E-state index is 13.2. The maximum Gasteiger partial charge on any atom is 0.270 e. The maximum atomic E-state index is 13.2. The Labute approximate surface area is 161 Å². The lowest BCUT2D eigenvalue weighted by Crippen LogP contribution is -2.35. The number of amides is 1. The number of fused-ring (bicyclic) bond motifs is 1. The smallest absolute Gasteiger partial charge is 0.270 e. The molecule has 0 N–H and O–H groups in total. The van der Waals surface area contributed by atoms with Crippen molar-refractivity contribution in [2.75, 3.05) is 0 Å². The lowest BCUT2D eigenvalue weighted by molar-refractivity contribution is 0.0715. The summed E-state index contributed by atoms with van der Waals surface area (Å²) in [6.07, 6.45) is 4.57. The molecule has 28 heavy (non-hydrogen) atoms. The van der Waals surface area contributed by atoms with Gasteiger partial charge >= 0.3 is 0 Å². The van der Waals surface area contributed by atoms with Crippen LogP contribution in [-0.4, -0.2) is 20.2 Å². The number of rotatable bonds is 5. The topological polar surface area (TPSA) is 67.8 Å². The van der Waals surface area contributed by atoms with E-state index in [1.54, 1.807) is 35.6 Å². The van der Waals surface area contributed by atoms with Gasteiger partial charge in [-0.3, -0.25) is 14.0 Å². The number of pyridine rings is 1. The Bertz CT molecular complexity index is 1160. The van der Waals surface area contributed by atoms with E-state index in [0.717, 1.165) is 11.1 Å². The standard InChI is InChI=1S/C22H19N3O3/c1-16-9-10-25-20(12-16)23-13-19(22(25)27)21(26)24(15-18-8-5-11-28-18)14-17-6-3-2-4-7-17/h2-13H,14-15H2,1H3. The third-order valence-corrected chi connectivity index (χ3v) is 4.53. The summed E-state index contributed by atoms with van der Waals surface area (Å²) >= 11 is 0. The number of aryl methyl sites for hydroxylation is 1. The Kier molecular flexibility index (Phi) is 4.76. The third kappa shape index (κ3) is 3.57. The zero-order valence-electron chi connectivity index (χ0n) is 15.4. The Morgan fingerprint density at radius 1 is 1.11 bits per heavy atom. The molecule has 0 saturated carbocycles. The molecule has 0 bridgehead atoms. The molecule has 0 fully saturated rings. The molecular weight excluding hydrogens is 354 g/mol. The van der Waals surface area contributed by atoms with Crippen molar-refractivity contribution in [1.29, 1.82) is 0 Å². The summed E-state index contributed by atoms with van der Waals surface area (Å²) < 4.78 is 6.81. The fourth-order valence-electron chi connectivity index (χ4n) is 3.09. The monoisotopic (exact) mass is 373 g/mol. The number of carbonyl (C=O) groups excluding carboxylic acids is 1. The molecule has 3 heterocycles. The molecule has 0 aliphatic rings. The van der Waals surface area contributed by atoms with Crippen LogP contribution in [0.3, 0.4) is 0 Å². The minimum Gasteiger partial charge on any atom is -0.467 e. The van der Waals surface area contributed by atoms with Crippen LogP contribution in [0.1, 0.15) is 27.2 Å². The predicted molar refractivity (Wildman–Crippen MR) is 105 cm³/mol. The molecular formula is C22H19N3O3. The van der Waals surface area contributed by atoms with Crippen LogP contribution in [-0.2, 0) is 13.1 Å². The van der Waals surface area contributed by atoms with Crippen LogP contribution in [0.4, 0.5) is 0 Å². The highest BCUT2D eigenvalue weighted by Gasteiger charge is 2.22. The van der Waals surface area contributed by atoms with Gasteiger partial charge in [-0.1, -0.05) is 30.3 Å². The number of carbonyl (C=O) groups is 1. The number of furan rings is 1. The van der Waals surface area contributed by atoms with E-state index < -0.39 is 0 Å². The second-order valence-corrected chi connectivity index (χ2v) is 6.64. The minimum absolute atomic E-state index is 0.0313. The third-order valence-electron chi connectivity index (χ3n) is 4.53.